The predicted molar refractivity (Wildman–Crippen MR) is 317 cm³/mol. The smallest absolute Gasteiger partial charge is 0.330 e. The normalized spacial score (nSPS) is 18.7. The molecule has 0 aliphatic carbocycles. The predicted octanol–water partition coefficient (Wildman–Crippen LogP) is 15.1. The molecule has 0 aromatic carbocycles. The number of carbonyl (C=O) groups excluding carboxylic acids is 5. The molecule has 2 saturated heterocycles. The monoisotopic (exact) mass is 1130 g/mol. The second-order valence-corrected chi connectivity index (χ2v) is 23.5. The van der Waals surface area contributed by atoms with E-state index in [0.29, 0.717) is 69.4 Å². The van der Waals surface area contributed by atoms with Gasteiger partial charge in [0.15, 0.2) is 0 Å². The summed E-state index contributed by atoms with van der Waals surface area (Å²) in [6.45, 7) is 15.4. The van der Waals surface area contributed by atoms with Crippen LogP contribution in [0.2, 0.25) is 0 Å². The van der Waals surface area contributed by atoms with E-state index in [4.69, 9.17) is 33.2 Å². The van der Waals surface area contributed by atoms with Gasteiger partial charge >= 0.3 is 29.8 Å². The Balaban J connectivity index is 1.79. The van der Waals surface area contributed by atoms with E-state index < -0.39 is 41.8 Å². The highest BCUT2D eigenvalue weighted by molar-refractivity contribution is 5.81. The Morgan fingerprint density at radius 1 is 0.425 bits per heavy atom. The third-order valence-corrected chi connectivity index (χ3v) is 16.3. The number of aliphatic hydroxyl groups is 2. The maximum Gasteiger partial charge on any atom is 0.330 e. The quantitative estimate of drug-likeness (QED) is 0.0192. The molecule has 2 aliphatic heterocycles. The fourth-order valence-electron chi connectivity index (χ4n) is 10.6. The topological polar surface area (TPSA) is 197 Å². The highest BCUT2D eigenvalue weighted by Crippen LogP contribution is 2.39. The number of aliphatic hydroxyl groups excluding tert-OH is 2. The molecule has 2 aliphatic rings. The van der Waals surface area contributed by atoms with Crippen LogP contribution < -0.4 is 0 Å². The summed E-state index contributed by atoms with van der Waals surface area (Å²) in [5.74, 6) is -2.06. The Bertz CT molecular complexity index is 1560. The van der Waals surface area contributed by atoms with Crippen LogP contribution in [-0.4, -0.2) is 109 Å². The molecule has 2 N–H and O–H groups in total. The molecular formula is C66H116O14. The van der Waals surface area contributed by atoms with Gasteiger partial charge in [-0.3, -0.25) is 14.4 Å². The molecule has 0 amide bonds. The van der Waals surface area contributed by atoms with Crippen molar-refractivity contribution in [2.24, 2.45) is 5.41 Å². The molecule has 0 spiro atoms. The second kappa shape index (κ2) is 47.1. The van der Waals surface area contributed by atoms with Gasteiger partial charge in [0.2, 0.25) is 0 Å². The lowest BCUT2D eigenvalue weighted by atomic mass is 9.88. The van der Waals surface area contributed by atoms with Crippen molar-refractivity contribution in [1.29, 1.82) is 0 Å². The molecule has 2 fully saturated rings. The average Bonchev–Trinajstić information content (AvgIpc) is 4.40. The van der Waals surface area contributed by atoms with Gasteiger partial charge in [0.05, 0.1) is 42.0 Å². The molecule has 80 heavy (non-hydrogen) atoms. The molecule has 8 unspecified atom stereocenters. The number of epoxide rings is 2. The van der Waals surface area contributed by atoms with Gasteiger partial charge in [0, 0.05) is 37.8 Å². The van der Waals surface area contributed by atoms with Gasteiger partial charge < -0.3 is 43.4 Å². The maximum absolute atomic E-state index is 13.1. The Hall–Kier alpha value is -3.33. The number of unbranched alkanes of at least 4 members (excludes halogenated alkanes) is 24. The summed E-state index contributed by atoms with van der Waals surface area (Å²) >= 11 is 0. The van der Waals surface area contributed by atoms with Gasteiger partial charge in [-0.25, -0.2) is 9.59 Å². The van der Waals surface area contributed by atoms with Crippen LogP contribution in [0, 0.1) is 5.41 Å². The molecule has 2 rings (SSSR count). The van der Waals surface area contributed by atoms with E-state index in [1.807, 2.05) is 6.92 Å². The van der Waals surface area contributed by atoms with Crippen molar-refractivity contribution < 1.29 is 67.3 Å². The molecule has 0 aromatic heterocycles. The second-order valence-electron chi connectivity index (χ2n) is 23.5. The van der Waals surface area contributed by atoms with Crippen LogP contribution in [0.5, 0.6) is 0 Å². The minimum Gasteiger partial charge on any atom is -0.465 e. The largest absolute Gasteiger partial charge is 0.465 e. The van der Waals surface area contributed by atoms with E-state index >= 15 is 0 Å². The first-order chi connectivity index (χ1) is 38.8. The van der Waals surface area contributed by atoms with Crippen molar-refractivity contribution in [2.45, 2.75) is 340 Å². The van der Waals surface area contributed by atoms with Crippen LogP contribution >= 0.6 is 0 Å². The van der Waals surface area contributed by atoms with E-state index in [1.165, 1.54) is 64.2 Å². The zero-order chi connectivity index (χ0) is 58.5. The Labute approximate surface area is 485 Å². The van der Waals surface area contributed by atoms with E-state index in [-0.39, 0.29) is 57.0 Å². The Kier molecular flexibility index (Phi) is 42.8. The third kappa shape index (κ3) is 37.0. The van der Waals surface area contributed by atoms with Crippen LogP contribution in [0.3, 0.4) is 0 Å². The van der Waals surface area contributed by atoms with Gasteiger partial charge in [-0.2, -0.15) is 0 Å². The van der Waals surface area contributed by atoms with Gasteiger partial charge in [-0.1, -0.05) is 201 Å². The van der Waals surface area contributed by atoms with Crippen molar-refractivity contribution in [1.82, 2.24) is 0 Å². The summed E-state index contributed by atoms with van der Waals surface area (Å²) in [6, 6.07) is 0. The van der Waals surface area contributed by atoms with Gasteiger partial charge in [0.25, 0.3) is 0 Å². The zero-order valence-electron chi connectivity index (χ0n) is 51.1. The van der Waals surface area contributed by atoms with Crippen molar-refractivity contribution in [3.8, 4) is 0 Å². The lowest BCUT2D eigenvalue weighted by Crippen LogP contribution is -2.39. The molecule has 0 aromatic rings. The summed E-state index contributed by atoms with van der Waals surface area (Å²) in [5.41, 5.74) is -0.896. The highest BCUT2D eigenvalue weighted by atomic mass is 16.6. The first kappa shape index (κ1) is 72.8. The van der Waals surface area contributed by atoms with Crippen molar-refractivity contribution >= 4 is 29.8 Å². The summed E-state index contributed by atoms with van der Waals surface area (Å²) < 4.78 is 40.3. The van der Waals surface area contributed by atoms with Crippen LogP contribution in [0.1, 0.15) is 291 Å². The minimum atomic E-state index is -0.896. The van der Waals surface area contributed by atoms with Crippen molar-refractivity contribution in [2.75, 3.05) is 19.8 Å². The summed E-state index contributed by atoms with van der Waals surface area (Å²) in [6.07, 6.45) is 38.0. The van der Waals surface area contributed by atoms with E-state index in [9.17, 15) is 34.2 Å². The van der Waals surface area contributed by atoms with Crippen LogP contribution in [0.25, 0.3) is 0 Å². The maximum atomic E-state index is 13.1. The van der Waals surface area contributed by atoms with Crippen LogP contribution in [-0.2, 0) is 57.1 Å². The highest BCUT2D eigenvalue weighted by Gasteiger charge is 2.47. The Morgan fingerprint density at radius 3 is 1.07 bits per heavy atom. The van der Waals surface area contributed by atoms with Gasteiger partial charge in [-0.05, 0) is 77.0 Å². The first-order valence-electron chi connectivity index (χ1n) is 32.6. The van der Waals surface area contributed by atoms with Crippen molar-refractivity contribution in [3.63, 3.8) is 0 Å². The number of carbonyl (C=O) groups is 5. The SMILES string of the molecule is C=CC(=O)OC(CCCCCCCC)C(O)CCCCCCCC(=O)OCC(CC)(COC(=O)CCCCCCCC(O)C(CCCCCCCC)OC(=O)C=C)COC(=O)CCCCCCCC1OC1CC1OC1CCCCC. The number of rotatable bonds is 57. The van der Waals surface area contributed by atoms with Gasteiger partial charge in [0.1, 0.15) is 32.0 Å². The number of esters is 5. The minimum absolute atomic E-state index is 0.0340. The van der Waals surface area contributed by atoms with Gasteiger partial charge in [-0.15, -0.1) is 0 Å². The molecule has 14 nitrogen and oxygen atoms in total. The van der Waals surface area contributed by atoms with Crippen molar-refractivity contribution in [3.05, 3.63) is 25.3 Å². The molecule has 8 atom stereocenters. The van der Waals surface area contributed by atoms with Crippen LogP contribution in [0.15, 0.2) is 25.3 Å². The van der Waals surface area contributed by atoms with Crippen LogP contribution in [0.4, 0.5) is 0 Å². The lowest BCUT2D eigenvalue weighted by Gasteiger charge is -2.31. The number of ether oxygens (including phenoxy) is 7. The fourth-order valence-corrected chi connectivity index (χ4v) is 10.6. The Morgan fingerprint density at radius 2 is 0.725 bits per heavy atom. The third-order valence-electron chi connectivity index (χ3n) is 16.3. The summed E-state index contributed by atoms with van der Waals surface area (Å²) in [4.78, 5) is 63.2. The zero-order valence-corrected chi connectivity index (χ0v) is 51.1. The lowest BCUT2D eigenvalue weighted by molar-refractivity contribution is -0.162. The number of hydrogen-bond acceptors (Lipinski definition) is 14. The number of hydrogen-bond donors (Lipinski definition) is 2. The van der Waals surface area contributed by atoms with E-state index in [1.54, 1.807) is 0 Å². The molecule has 2 heterocycles. The molecular weight excluding hydrogens is 1020 g/mol. The van der Waals surface area contributed by atoms with E-state index in [2.05, 4.69) is 33.9 Å². The first-order valence-corrected chi connectivity index (χ1v) is 32.6. The molecule has 0 radical (unpaired) electrons. The fraction of sp³-hybridized carbons (Fsp3) is 0.864. The average molecular weight is 1130 g/mol. The summed E-state index contributed by atoms with van der Waals surface area (Å²) in [5, 5.41) is 21.8. The standard InChI is InChI=1S/C66H116O14/c1-7-13-16-18-25-34-42-55(79-61(69)10-4)53(67)40-32-23-20-28-37-46-63(71)74-50-66(12-6,52-76-65(73)48-39-30-22-27-36-45-58-60(78-58)49-59-57(77-59)44-31-15-9-3)51-75-64(72)47-38-29-21-24-33-41-54(68)56(80-62(70)11-5)43-35-26-19-17-14-8-2/h10-11,53-60,67-68H,4-5,7-9,12-52H2,1-3,6H3. The van der Waals surface area contributed by atoms with E-state index in [0.717, 1.165) is 147 Å². The molecule has 464 valence electrons. The molecule has 14 heteroatoms. The summed E-state index contributed by atoms with van der Waals surface area (Å²) in [7, 11) is 0. The molecule has 0 bridgehead atoms. The molecule has 0 saturated carbocycles.